The molecule has 0 radical (unpaired) electrons. The quantitative estimate of drug-likeness (QED) is 0.797. The summed E-state index contributed by atoms with van der Waals surface area (Å²) in [5, 5.41) is 9.19. The number of benzene rings is 1. The second-order valence-electron chi connectivity index (χ2n) is 4.37. The Morgan fingerprint density at radius 1 is 1.41 bits per heavy atom. The van der Waals surface area contributed by atoms with E-state index in [9.17, 15) is 4.39 Å². The Morgan fingerprint density at radius 3 is 2.59 bits per heavy atom. The zero-order valence-electron chi connectivity index (χ0n) is 10.5. The lowest BCUT2D eigenvalue weighted by atomic mass is 10.1. The van der Waals surface area contributed by atoms with Crippen LogP contribution in [0.5, 0.6) is 0 Å². The molecule has 0 heterocycles. The molecule has 2 atom stereocenters. The second-order valence-corrected chi connectivity index (χ2v) is 5.85. The van der Waals surface area contributed by atoms with Crippen LogP contribution in [0.4, 0.5) is 4.39 Å². The number of nitrogens with two attached hydrogens (primary N) is 1. The summed E-state index contributed by atoms with van der Waals surface area (Å²) in [5.74, 6) is -0.212. The largest absolute Gasteiger partial charge is 0.396 e. The highest BCUT2D eigenvalue weighted by Crippen LogP contribution is 2.32. The van der Waals surface area contributed by atoms with Crippen molar-refractivity contribution in [2.75, 3.05) is 6.61 Å². The molecule has 1 rings (SSSR count). The third-order valence-electron chi connectivity index (χ3n) is 2.65. The molecule has 0 fully saturated rings. The molecule has 3 N–H and O–H groups in total. The summed E-state index contributed by atoms with van der Waals surface area (Å²) in [7, 11) is 0. The normalized spacial score (nSPS) is 14.7. The first kappa shape index (κ1) is 14.5. The molecule has 0 aromatic heterocycles. The lowest BCUT2D eigenvalue weighted by Gasteiger charge is -2.17. The van der Waals surface area contributed by atoms with E-state index in [4.69, 9.17) is 10.8 Å². The summed E-state index contributed by atoms with van der Waals surface area (Å²) in [6.45, 7) is 5.82. The van der Waals surface area contributed by atoms with E-state index in [-0.39, 0.29) is 18.5 Å². The Kier molecular flexibility index (Phi) is 5.43. The van der Waals surface area contributed by atoms with Crippen molar-refractivity contribution in [3.8, 4) is 0 Å². The molecule has 0 saturated heterocycles. The number of aliphatic hydroxyl groups is 1. The zero-order chi connectivity index (χ0) is 13.0. The number of thioether (sulfide) groups is 1. The van der Waals surface area contributed by atoms with Crippen molar-refractivity contribution in [1.29, 1.82) is 0 Å². The first-order valence-electron chi connectivity index (χ1n) is 5.78. The van der Waals surface area contributed by atoms with Gasteiger partial charge in [-0.15, -0.1) is 11.8 Å². The van der Waals surface area contributed by atoms with Crippen LogP contribution in [0, 0.1) is 12.7 Å². The van der Waals surface area contributed by atoms with E-state index in [0.717, 1.165) is 16.9 Å². The standard InChI is InChI=1S/C13H20FNOS/c1-8-6-13(17-9(2)4-5-16)11(10(3)15)7-12(8)14/h6-7,9-10,16H,4-5,15H2,1-3H3/t9?,10-/m0/s1. The number of rotatable bonds is 5. The van der Waals surface area contributed by atoms with Crippen molar-refractivity contribution >= 4 is 11.8 Å². The van der Waals surface area contributed by atoms with Crippen LogP contribution in [0.15, 0.2) is 17.0 Å². The molecule has 1 unspecified atom stereocenters. The van der Waals surface area contributed by atoms with Gasteiger partial charge in [-0.05, 0) is 43.5 Å². The van der Waals surface area contributed by atoms with E-state index in [1.165, 1.54) is 6.07 Å². The summed E-state index contributed by atoms with van der Waals surface area (Å²) < 4.78 is 13.5. The smallest absolute Gasteiger partial charge is 0.126 e. The third kappa shape index (κ3) is 3.98. The van der Waals surface area contributed by atoms with E-state index in [0.29, 0.717) is 10.8 Å². The van der Waals surface area contributed by atoms with Crippen molar-refractivity contribution in [2.24, 2.45) is 5.73 Å². The van der Waals surface area contributed by atoms with Crippen LogP contribution in [0.3, 0.4) is 0 Å². The number of aliphatic hydroxyl groups excluding tert-OH is 1. The highest BCUT2D eigenvalue weighted by atomic mass is 32.2. The lowest BCUT2D eigenvalue weighted by Crippen LogP contribution is -2.09. The van der Waals surface area contributed by atoms with Gasteiger partial charge in [0.05, 0.1) is 0 Å². The number of halogens is 1. The van der Waals surface area contributed by atoms with Gasteiger partial charge in [0.15, 0.2) is 0 Å². The summed E-state index contributed by atoms with van der Waals surface area (Å²) in [5.41, 5.74) is 7.32. The number of aryl methyl sites for hydroxylation is 1. The monoisotopic (exact) mass is 257 g/mol. The maximum Gasteiger partial charge on any atom is 0.126 e. The van der Waals surface area contributed by atoms with E-state index in [1.54, 1.807) is 18.7 Å². The van der Waals surface area contributed by atoms with Crippen molar-refractivity contribution < 1.29 is 9.50 Å². The molecule has 0 amide bonds. The van der Waals surface area contributed by atoms with Gasteiger partial charge in [-0.2, -0.15) is 0 Å². The van der Waals surface area contributed by atoms with Crippen LogP contribution in [0.2, 0.25) is 0 Å². The molecule has 0 spiro atoms. The average Bonchev–Trinajstić information content (AvgIpc) is 2.23. The molecule has 0 bridgehead atoms. The minimum absolute atomic E-state index is 0.169. The van der Waals surface area contributed by atoms with Crippen LogP contribution < -0.4 is 5.73 Å². The van der Waals surface area contributed by atoms with E-state index in [2.05, 4.69) is 0 Å². The van der Waals surface area contributed by atoms with Gasteiger partial charge in [0.25, 0.3) is 0 Å². The minimum atomic E-state index is -0.212. The van der Waals surface area contributed by atoms with Crippen LogP contribution in [-0.2, 0) is 0 Å². The van der Waals surface area contributed by atoms with E-state index < -0.39 is 0 Å². The average molecular weight is 257 g/mol. The van der Waals surface area contributed by atoms with Crippen LogP contribution in [0.1, 0.15) is 37.4 Å². The van der Waals surface area contributed by atoms with Gasteiger partial charge in [-0.3, -0.25) is 0 Å². The van der Waals surface area contributed by atoms with Crippen LogP contribution in [0.25, 0.3) is 0 Å². The number of hydrogen-bond donors (Lipinski definition) is 2. The summed E-state index contributed by atoms with van der Waals surface area (Å²) in [6.07, 6.45) is 0.722. The maximum atomic E-state index is 13.5. The van der Waals surface area contributed by atoms with Gasteiger partial charge < -0.3 is 10.8 Å². The van der Waals surface area contributed by atoms with Crippen molar-refractivity contribution in [1.82, 2.24) is 0 Å². The Bertz CT molecular complexity index is 382. The van der Waals surface area contributed by atoms with E-state index >= 15 is 0 Å². The highest BCUT2D eigenvalue weighted by Gasteiger charge is 2.13. The molecule has 1 aromatic carbocycles. The molecular weight excluding hydrogens is 237 g/mol. The fourth-order valence-corrected chi connectivity index (χ4v) is 2.87. The molecule has 0 aliphatic carbocycles. The molecule has 0 aliphatic rings. The van der Waals surface area contributed by atoms with Gasteiger partial charge in [-0.1, -0.05) is 6.92 Å². The van der Waals surface area contributed by atoms with E-state index in [1.807, 2.05) is 19.9 Å². The van der Waals surface area contributed by atoms with Crippen LogP contribution in [-0.4, -0.2) is 17.0 Å². The molecule has 2 nitrogen and oxygen atoms in total. The third-order valence-corrected chi connectivity index (χ3v) is 3.89. The fraction of sp³-hybridized carbons (Fsp3) is 0.538. The van der Waals surface area contributed by atoms with Gasteiger partial charge in [0.1, 0.15) is 5.82 Å². The minimum Gasteiger partial charge on any atom is -0.396 e. The molecular formula is C13H20FNOS. The van der Waals surface area contributed by atoms with Crippen molar-refractivity contribution in [3.63, 3.8) is 0 Å². The molecule has 1 aromatic rings. The Labute approximate surface area is 106 Å². The maximum absolute atomic E-state index is 13.5. The van der Waals surface area contributed by atoms with Gasteiger partial charge in [-0.25, -0.2) is 4.39 Å². The summed E-state index contributed by atoms with van der Waals surface area (Å²) in [4.78, 5) is 1.01. The zero-order valence-corrected chi connectivity index (χ0v) is 11.4. The predicted octanol–water partition coefficient (Wildman–Crippen LogP) is 3.02. The highest BCUT2D eigenvalue weighted by molar-refractivity contribution is 8.00. The van der Waals surface area contributed by atoms with Crippen LogP contribution >= 0.6 is 11.8 Å². The molecule has 96 valence electrons. The number of hydrogen-bond acceptors (Lipinski definition) is 3. The molecule has 0 aliphatic heterocycles. The lowest BCUT2D eigenvalue weighted by molar-refractivity contribution is 0.289. The molecule has 0 saturated carbocycles. The summed E-state index contributed by atoms with van der Waals surface area (Å²) >= 11 is 1.64. The second kappa shape index (κ2) is 6.38. The Balaban J connectivity index is 3.00. The topological polar surface area (TPSA) is 46.2 Å². The van der Waals surface area contributed by atoms with Crippen molar-refractivity contribution in [3.05, 3.63) is 29.1 Å². The summed E-state index contributed by atoms with van der Waals surface area (Å²) in [6, 6.07) is 3.18. The van der Waals surface area contributed by atoms with Crippen molar-refractivity contribution in [2.45, 2.75) is 43.4 Å². The first-order valence-corrected chi connectivity index (χ1v) is 6.66. The van der Waals surface area contributed by atoms with Gasteiger partial charge in [0, 0.05) is 22.8 Å². The van der Waals surface area contributed by atoms with Gasteiger partial charge >= 0.3 is 0 Å². The van der Waals surface area contributed by atoms with Gasteiger partial charge in [0.2, 0.25) is 0 Å². The predicted molar refractivity (Wildman–Crippen MR) is 70.8 cm³/mol. The molecule has 17 heavy (non-hydrogen) atoms. The Hall–Kier alpha value is -0.580. The fourth-order valence-electron chi connectivity index (χ4n) is 1.59. The SMILES string of the molecule is Cc1cc(SC(C)CCO)c([C@H](C)N)cc1F. The Morgan fingerprint density at radius 2 is 2.06 bits per heavy atom. The molecule has 4 heteroatoms. The first-order chi connectivity index (χ1) is 7.95.